The number of carbonyl (C=O) groups is 1. The van der Waals surface area contributed by atoms with Crippen molar-refractivity contribution in [1.29, 1.82) is 0 Å². The second-order valence-corrected chi connectivity index (χ2v) is 4.79. The highest BCUT2D eigenvalue weighted by atomic mass is 16.5. The van der Waals surface area contributed by atoms with Gasteiger partial charge in [0.1, 0.15) is 5.60 Å². The van der Waals surface area contributed by atoms with E-state index in [1.807, 2.05) is 0 Å². The molecule has 14 heavy (non-hydrogen) atoms. The topological polar surface area (TPSA) is 29.5 Å². The number of Topliss-reactive ketones (excluding diaryl/α,β-unsaturated/α-hetero) is 1. The third-order valence-electron chi connectivity index (χ3n) is 4.01. The van der Waals surface area contributed by atoms with Gasteiger partial charge in [0.25, 0.3) is 0 Å². The van der Waals surface area contributed by atoms with Crippen molar-refractivity contribution in [2.24, 2.45) is 5.92 Å². The van der Waals surface area contributed by atoms with E-state index in [-0.39, 0.29) is 11.5 Å². The van der Waals surface area contributed by atoms with Crippen LogP contribution in [0.1, 0.15) is 26.2 Å². The van der Waals surface area contributed by atoms with Gasteiger partial charge in [-0.1, -0.05) is 6.92 Å². The lowest BCUT2D eigenvalue weighted by Crippen LogP contribution is -2.49. The number of ketones is 1. The molecule has 0 N–H and O–H groups in total. The third-order valence-corrected chi connectivity index (χ3v) is 4.01. The quantitative estimate of drug-likeness (QED) is 0.620. The molecule has 0 amide bonds. The summed E-state index contributed by atoms with van der Waals surface area (Å²) in [7, 11) is 0. The highest BCUT2D eigenvalue weighted by molar-refractivity contribution is 5.94. The van der Waals surface area contributed by atoms with Gasteiger partial charge >= 0.3 is 0 Å². The van der Waals surface area contributed by atoms with Gasteiger partial charge < -0.3 is 9.64 Å². The Labute approximate surface area is 84.4 Å². The van der Waals surface area contributed by atoms with Crippen LogP contribution in [0.15, 0.2) is 0 Å². The van der Waals surface area contributed by atoms with Gasteiger partial charge in [-0.05, 0) is 25.8 Å². The minimum atomic E-state index is -0.348. The molecule has 2 unspecified atom stereocenters. The summed E-state index contributed by atoms with van der Waals surface area (Å²) in [6.45, 7) is 5.33. The number of nitrogens with zero attached hydrogens (tertiary/aromatic N) is 1. The fourth-order valence-corrected chi connectivity index (χ4v) is 2.86. The largest absolute Gasteiger partial charge is 0.363 e. The number of carbonyl (C=O) groups excluding carboxylic acids is 1. The highest BCUT2D eigenvalue weighted by Gasteiger charge is 2.62. The van der Waals surface area contributed by atoms with Crippen molar-refractivity contribution in [3.05, 3.63) is 0 Å². The van der Waals surface area contributed by atoms with Crippen LogP contribution in [-0.2, 0) is 9.53 Å². The zero-order valence-corrected chi connectivity index (χ0v) is 8.66. The molecule has 2 saturated heterocycles. The fraction of sp³-hybridized carbons (Fsp3) is 0.909. The van der Waals surface area contributed by atoms with E-state index in [0.717, 1.165) is 38.9 Å². The van der Waals surface area contributed by atoms with Gasteiger partial charge in [-0.2, -0.15) is 0 Å². The van der Waals surface area contributed by atoms with E-state index >= 15 is 0 Å². The van der Waals surface area contributed by atoms with Crippen molar-refractivity contribution in [3.63, 3.8) is 0 Å². The van der Waals surface area contributed by atoms with Crippen molar-refractivity contribution in [1.82, 2.24) is 4.90 Å². The molecule has 1 spiro atoms. The van der Waals surface area contributed by atoms with Gasteiger partial charge in [0.15, 0.2) is 5.78 Å². The van der Waals surface area contributed by atoms with Crippen molar-refractivity contribution < 1.29 is 9.53 Å². The zero-order valence-electron chi connectivity index (χ0n) is 8.66. The van der Waals surface area contributed by atoms with Crippen LogP contribution < -0.4 is 0 Å². The molecular weight excluding hydrogens is 178 g/mol. The number of likely N-dealkylation sites (tertiary alicyclic amines) is 1. The standard InChI is InChI=1S/C11H17NO2/c1-2-12-5-3-11(4-6-12)10(13)8-7-9(8)14-11/h8-9H,2-7H2,1H3. The monoisotopic (exact) mass is 195 g/mol. The predicted octanol–water partition coefficient (Wildman–Crippen LogP) is 0.829. The smallest absolute Gasteiger partial charge is 0.170 e. The van der Waals surface area contributed by atoms with E-state index < -0.39 is 0 Å². The minimum absolute atomic E-state index is 0.281. The average molecular weight is 195 g/mol. The summed E-state index contributed by atoms with van der Waals surface area (Å²) in [6.07, 6.45) is 3.15. The van der Waals surface area contributed by atoms with Crippen LogP contribution in [0.2, 0.25) is 0 Å². The van der Waals surface area contributed by atoms with Crippen molar-refractivity contribution in [2.45, 2.75) is 37.9 Å². The van der Waals surface area contributed by atoms with Gasteiger partial charge in [-0.15, -0.1) is 0 Å². The second kappa shape index (κ2) is 2.80. The van der Waals surface area contributed by atoms with Crippen molar-refractivity contribution in [3.8, 4) is 0 Å². The lowest BCUT2D eigenvalue weighted by Gasteiger charge is -2.38. The van der Waals surface area contributed by atoms with Crippen LogP contribution in [0.25, 0.3) is 0 Å². The Morgan fingerprint density at radius 3 is 2.71 bits per heavy atom. The molecule has 1 saturated carbocycles. The predicted molar refractivity (Wildman–Crippen MR) is 52.1 cm³/mol. The lowest BCUT2D eigenvalue weighted by molar-refractivity contribution is -0.142. The molecule has 78 valence electrons. The highest BCUT2D eigenvalue weighted by Crippen LogP contribution is 2.51. The van der Waals surface area contributed by atoms with Gasteiger partial charge in [-0.25, -0.2) is 0 Å². The summed E-state index contributed by atoms with van der Waals surface area (Å²) in [5, 5.41) is 0. The Morgan fingerprint density at radius 2 is 2.21 bits per heavy atom. The van der Waals surface area contributed by atoms with E-state index in [9.17, 15) is 4.79 Å². The van der Waals surface area contributed by atoms with Gasteiger partial charge in [0.2, 0.25) is 0 Å². The summed E-state index contributed by atoms with van der Waals surface area (Å²) < 4.78 is 5.89. The Balaban J connectivity index is 1.71. The Kier molecular flexibility index (Phi) is 1.77. The van der Waals surface area contributed by atoms with Crippen LogP contribution in [0.3, 0.4) is 0 Å². The Morgan fingerprint density at radius 1 is 1.50 bits per heavy atom. The van der Waals surface area contributed by atoms with E-state index in [0.29, 0.717) is 11.9 Å². The van der Waals surface area contributed by atoms with Gasteiger partial charge in [-0.3, -0.25) is 4.79 Å². The van der Waals surface area contributed by atoms with Crippen LogP contribution >= 0.6 is 0 Å². The van der Waals surface area contributed by atoms with E-state index in [1.165, 1.54) is 0 Å². The van der Waals surface area contributed by atoms with Crippen LogP contribution in [0, 0.1) is 5.92 Å². The Hall–Kier alpha value is -0.410. The van der Waals surface area contributed by atoms with Crippen molar-refractivity contribution >= 4 is 5.78 Å². The normalized spacial score (nSPS) is 40.2. The zero-order chi connectivity index (χ0) is 9.76. The summed E-state index contributed by atoms with van der Waals surface area (Å²) in [5.41, 5.74) is -0.348. The number of rotatable bonds is 1. The SMILES string of the molecule is CCN1CCC2(CC1)OC1CC1C2=O. The first-order valence-corrected chi connectivity index (χ1v) is 5.70. The lowest BCUT2D eigenvalue weighted by atomic mass is 9.86. The number of hydrogen-bond donors (Lipinski definition) is 0. The summed E-state index contributed by atoms with van der Waals surface area (Å²) in [4.78, 5) is 14.4. The first-order valence-electron chi connectivity index (χ1n) is 5.70. The average Bonchev–Trinajstić information content (AvgIpc) is 2.92. The number of fused-ring (bicyclic) bond motifs is 1. The first kappa shape index (κ1) is 8.86. The molecular formula is C11H17NO2. The molecule has 0 aromatic carbocycles. The number of piperidine rings is 1. The molecule has 3 rings (SSSR count). The van der Waals surface area contributed by atoms with E-state index in [2.05, 4.69) is 11.8 Å². The first-order chi connectivity index (χ1) is 6.75. The minimum Gasteiger partial charge on any atom is -0.363 e. The Bertz CT molecular complexity index is 268. The summed E-state index contributed by atoms with van der Waals surface area (Å²) in [6, 6.07) is 0. The molecule has 3 nitrogen and oxygen atoms in total. The number of ether oxygens (including phenoxy) is 1. The fourth-order valence-electron chi connectivity index (χ4n) is 2.86. The van der Waals surface area contributed by atoms with E-state index in [1.54, 1.807) is 0 Å². The molecule has 1 aliphatic carbocycles. The maximum atomic E-state index is 12.0. The maximum Gasteiger partial charge on any atom is 0.170 e. The molecule has 2 heterocycles. The van der Waals surface area contributed by atoms with Crippen LogP contribution in [-0.4, -0.2) is 42.0 Å². The van der Waals surface area contributed by atoms with E-state index in [4.69, 9.17) is 4.74 Å². The second-order valence-electron chi connectivity index (χ2n) is 4.79. The van der Waals surface area contributed by atoms with Crippen LogP contribution in [0.4, 0.5) is 0 Å². The van der Waals surface area contributed by atoms with Gasteiger partial charge in [0, 0.05) is 19.0 Å². The molecule has 0 radical (unpaired) electrons. The molecule has 3 heteroatoms. The van der Waals surface area contributed by atoms with Crippen LogP contribution in [0.5, 0.6) is 0 Å². The number of hydrogen-bond acceptors (Lipinski definition) is 3. The molecule has 2 aliphatic heterocycles. The van der Waals surface area contributed by atoms with Crippen molar-refractivity contribution in [2.75, 3.05) is 19.6 Å². The summed E-state index contributed by atoms with van der Waals surface area (Å²) in [5.74, 6) is 0.696. The molecule has 0 aromatic rings. The van der Waals surface area contributed by atoms with Gasteiger partial charge in [0.05, 0.1) is 6.10 Å². The summed E-state index contributed by atoms with van der Waals surface area (Å²) >= 11 is 0. The molecule has 0 bridgehead atoms. The molecule has 2 atom stereocenters. The molecule has 3 aliphatic rings. The third kappa shape index (κ3) is 1.09. The maximum absolute atomic E-state index is 12.0. The molecule has 0 aromatic heterocycles. The molecule has 3 fully saturated rings.